The number of halogens is 1. The zero-order chi connectivity index (χ0) is 11.3. The number of aromatic nitrogens is 2. The van der Waals surface area contributed by atoms with Crippen molar-refractivity contribution >= 4 is 17.4 Å². The van der Waals surface area contributed by atoms with Gasteiger partial charge in [-0.25, -0.2) is 0 Å². The SMILES string of the molecule is CCCCCCC(=O)c1c(Cl)cnn1C. The van der Waals surface area contributed by atoms with Crippen LogP contribution < -0.4 is 0 Å². The summed E-state index contributed by atoms with van der Waals surface area (Å²) >= 11 is 5.88. The van der Waals surface area contributed by atoms with Crippen LogP contribution in [0.1, 0.15) is 49.5 Å². The van der Waals surface area contributed by atoms with Gasteiger partial charge in [0.25, 0.3) is 0 Å². The van der Waals surface area contributed by atoms with Crippen LogP contribution in [0.2, 0.25) is 5.02 Å². The Morgan fingerprint density at radius 2 is 2.20 bits per heavy atom. The van der Waals surface area contributed by atoms with Crippen molar-refractivity contribution in [1.82, 2.24) is 9.78 Å². The first kappa shape index (κ1) is 12.2. The molecule has 4 heteroatoms. The molecule has 0 saturated heterocycles. The lowest BCUT2D eigenvalue weighted by atomic mass is 10.1. The van der Waals surface area contributed by atoms with Crippen molar-refractivity contribution < 1.29 is 4.79 Å². The minimum Gasteiger partial charge on any atom is -0.292 e. The maximum atomic E-state index is 11.8. The second-order valence-corrected chi connectivity index (χ2v) is 4.11. The van der Waals surface area contributed by atoms with E-state index in [2.05, 4.69) is 12.0 Å². The van der Waals surface area contributed by atoms with E-state index in [-0.39, 0.29) is 5.78 Å². The third kappa shape index (κ3) is 3.34. The highest BCUT2D eigenvalue weighted by Gasteiger charge is 2.14. The van der Waals surface area contributed by atoms with Gasteiger partial charge in [-0.1, -0.05) is 37.8 Å². The first-order valence-electron chi connectivity index (χ1n) is 5.37. The summed E-state index contributed by atoms with van der Waals surface area (Å²) < 4.78 is 1.55. The van der Waals surface area contributed by atoms with Gasteiger partial charge in [-0.05, 0) is 6.42 Å². The lowest BCUT2D eigenvalue weighted by molar-refractivity contribution is 0.0970. The summed E-state index contributed by atoms with van der Waals surface area (Å²) in [6, 6.07) is 0. The molecule has 3 nitrogen and oxygen atoms in total. The molecule has 0 atom stereocenters. The van der Waals surface area contributed by atoms with Gasteiger partial charge in [-0.2, -0.15) is 5.10 Å². The Labute approximate surface area is 95.4 Å². The summed E-state index contributed by atoms with van der Waals surface area (Å²) in [5.74, 6) is 0.0936. The zero-order valence-corrected chi connectivity index (χ0v) is 10.0. The molecule has 1 aromatic heterocycles. The maximum absolute atomic E-state index is 11.8. The Balaban J connectivity index is 2.47. The van der Waals surface area contributed by atoms with E-state index in [0.29, 0.717) is 17.1 Å². The molecule has 0 bridgehead atoms. The van der Waals surface area contributed by atoms with Gasteiger partial charge in [0.2, 0.25) is 0 Å². The van der Waals surface area contributed by atoms with E-state index in [1.165, 1.54) is 19.0 Å². The summed E-state index contributed by atoms with van der Waals surface area (Å²) in [6.07, 6.45) is 6.50. The highest BCUT2D eigenvalue weighted by Crippen LogP contribution is 2.17. The summed E-state index contributed by atoms with van der Waals surface area (Å²) in [6.45, 7) is 2.15. The molecule has 0 radical (unpaired) electrons. The number of nitrogens with zero attached hydrogens (tertiary/aromatic N) is 2. The Morgan fingerprint density at radius 3 is 2.73 bits per heavy atom. The molecule has 0 unspecified atom stereocenters. The number of carbonyl (C=O) groups is 1. The van der Waals surface area contributed by atoms with Crippen LogP contribution in [0.5, 0.6) is 0 Å². The molecule has 84 valence electrons. The lowest BCUT2D eigenvalue weighted by Crippen LogP contribution is -2.07. The lowest BCUT2D eigenvalue weighted by Gasteiger charge is -2.02. The third-order valence-corrected chi connectivity index (χ3v) is 2.69. The number of ketones is 1. The molecule has 0 N–H and O–H groups in total. The number of Topliss-reactive ketones (excluding diaryl/α,β-unsaturated/α-hetero) is 1. The van der Waals surface area contributed by atoms with E-state index in [1.54, 1.807) is 11.7 Å². The van der Waals surface area contributed by atoms with Crippen LogP contribution in [0.4, 0.5) is 0 Å². The zero-order valence-electron chi connectivity index (χ0n) is 9.29. The quantitative estimate of drug-likeness (QED) is 0.554. The van der Waals surface area contributed by atoms with Crippen LogP contribution in [-0.4, -0.2) is 15.6 Å². The number of aryl methyl sites for hydroxylation is 1. The standard InChI is InChI=1S/C11H17ClN2O/c1-3-4-5-6-7-10(15)11-9(12)8-13-14(11)2/h8H,3-7H2,1-2H3. The molecule has 15 heavy (non-hydrogen) atoms. The summed E-state index contributed by atoms with van der Waals surface area (Å²) in [7, 11) is 1.74. The Morgan fingerprint density at radius 1 is 1.47 bits per heavy atom. The van der Waals surface area contributed by atoms with Crippen LogP contribution in [0.15, 0.2) is 6.20 Å². The third-order valence-electron chi connectivity index (χ3n) is 2.42. The van der Waals surface area contributed by atoms with E-state index >= 15 is 0 Å². The van der Waals surface area contributed by atoms with Crippen molar-refractivity contribution in [1.29, 1.82) is 0 Å². The van der Waals surface area contributed by atoms with Gasteiger partial charge in [-0.3, -0.25) is 9.48 Å². The highest BCUT2D eigenvalue weighted by atomic mass is 35.5. The maximum Gasteiger partial charge on any atom is 0.182 e. The first-order chi connectivity index (χ1) is 7.16. The Hall–Kier alpha value is -0.830. The molecular weight excluding hydrogens is 212 g/mol. The molecule has 0 aliphatic heterocycles. The first-order valence-corrected chi connectivity index (χ1v) is 5.75. The van der Waals surface area contributed by atoms with Crippen molar-refractivity contribution in [2.24, 2.45) is 7.05 Å². The van der Waals surface area contributed by atoms with Crippen LogP contribution in [0.3, 0.4) is 0 Å². The summed E-state index contributed by atoms with van der Waals surface area (Å²) in [5.41, 5.74) is 0.535. The molecule has 1 rings (SSSR count). The van der Waals surface area contributed by atoms with E-state index in [1.807, 2.05) is 0 Å². The van der Waals surface area contributed by atoms with Crippen LogP contribution in [0.25, 0.3) is 0 Å². The molecule has 1 aromatic rings. The Kier molecular flexibility index (Phi) is 4.82. The van der Waals surface area contributed by atoms with Crippen molar-refractivity contribution in [2.75, 3.05) is 0 Å². The fraction of sp³-hybridized carbons (Fsp3) is 0.636. The van der Waals surface area contributed by atoms with Gasteiger partial charge in [0, 0.05) is 13.5 Å². The number of rotatable bonds is 6. The smallest absolute Gasteiger partial charge is 0.182 e. The van der Waals surface area contributed by atoms with E-state index in [0.717, 1.165) is 12.8 Å². The van der Waals surface area contributed by atoms with Gasteiger partial charge in [0.1, 0.15) is 5.69 Å². The van der Waals surface area contributed by atoms with Gasteiger partial charge >= 0.3 is 0 Å². The molecule has 0 saturated carbocycles. The van der Waals surface area contributed by atoms with E-state index < -0.39 is 0 Å². The van der Waals surface area contributed by atoms with Gasteiger partial charge in [0.05, 0.1) is 11.2 Å². The van der Waals surface area contributed by atoms with Crippen molar-refractivity contribution in [3.8, 4) is 0 Å². The van der Waals surface area contributed by atoms with Crippen LogP contribution in [-0.2, 0) is 7.05 Å². The normalized spacial score (nSPS) is 10.6. The average Bonchev–Trinajstić information content (AvgIpc) is 2.53. The van der Waals surface area contributed by atoms with E-state index in [9.17, 15) is 4.79 Å². The van der Waals surface area contributed by atoms with Crippen molar-refractivity contribution in [3.05, 3.63) is 16.9 Å². The van der Waals surface area contributed by atoms with Gasteiger partial charge in [0.15, 0.2) is 5.78 Å². The molecule has 0 aliphatic carbocycles. The largest absolute Gasteiger partial charge is 0.292 e. The second kappa shape index (κ2) is 5.91. The van der Waals surface area contributed by atoms with Gasteiger partial charge < -0.3 is 0 Å². The predicted molar refractivity (Wildman–Crippen MR) is 61.3 cm³/mol. The topological polar surface area (TPSA) is 34.9 Å². The van der Waals surface area contributed by atoms with E-state index in [4.69, 9.17) is 11.6 Å². The van der Waals surface area contributed by atoms with Crippen LogP contribution in [0, 0.1) is 0 Å². The fourth-order valence-electron chi connectivity index (χ4n) is 1.56. The second-order valence-electron chi connectivity index (χ2n) is 3.70. The molecule has 0 spiro atoms. The van der Waals surface area contributed by atoms with Crippen molar-refractivity contribution in [3.63, 3.8) is 0 Å². The summed E-state index contributed by atoms with van der Waals surface area (Å²) in [5, 5.41) is 4.40. The number of hydrogen-bond donors (Lipinski definition) is 0. The average molecular weight is 229 g/mol. The fourth-order valence-corrected chi connectivity index (χ4v) is 1.83. The molecule has 0 aromatic carbocycles. The Bertz CT molecular complexity index is 314. The molecule has 1 heterocycles. The minimum absolute atomic E-state index is 0.0936. The number of carbonyl (C=O) groups excluding carboxylic acids is 1. The van der Waals surface area contributed by atoms with Crippen LogP contribution >= 0.6 is 11.6 Å². The molecule has 0 amide bonds. The van der Waals surface area contributed by atoms with Crippen molar-refractivity contribution in [2.45, 2.75) is 39.0 Å². The monoisotopic (exact) mass is 228 g/mol. The highest BCUT2D eigenvalue weighted by molar-refractivity contribution is 6.33. The molecular formula is C11H17ClN2O. The van der Waals surface area contributed by atoms with Gasteiger partial charge in [-0.15, -0.1) is 0 Å². The molecule has 0 fully saturated rings. The number of hydrogen-bond acceptors (Lipinski definition) is 2. The number of unbranched alkanes of at least 4 members (excludes halogenated alkanes) is 3. The predicted octanol–water partition coefficient (Wildman–Crippen LogP) is 3.23. The molecule has 0 aliphatic rings. The minimum atomic E-state index is 0.0936. The summed E-state index contributed by atoms with van der Waals surface area (Å²) in [4.78, 5) is 11.8.